The SMILES string of the molecule is Cc1ccc2c(N=Nc3ccc4c(S(=O)(=O)O)cccc4c3)ccc(N=Nc3c(S(=O)(=O)O)cc4c(S(=O)(=O)O)c(N)ccc4c3O)c2c1. The third-order valence-electron chi connectivity index (χ3n) is 7.51. The number of hydrogen-bond donors (Lipinski definition) is 5. The van der Waals surface area contributed by atoms with E-state index >= 15 is 0 Å². The first-order valence-electron chi connectivity index (χ1n) is 13.8. The molecule has 49 heavy (non-hydrogen) atoms. The van der Waals surface area contributed by atoms with Crippen molar-refractivity contribution in [3.8, 4) is 5.75 Å². The van der Waals surface area contributed by atoms with E-state index in [2.05, 4.69) is 20.5 Å². The van der Waals surface area contributed by atoms with E-state index in [0.717, 1.165) is 11.6 Å². The summed E-state index contributed by atoms with van der Waals surface area (Å²) in [4.78, 5) is -2.11. The van der Waals surface area contributed by atoms with Crippen LogP contribution in [0.1, 0.15) is 5.56 Å². The maximum absolute atomic E-state index is 12.4. The lowest BCUT2D eigenvalue weighted by Crippen LogP contribution is -2.06. The van der Waals surface area contributed by atoms with Gasteiger partial charge in [-0.15, -0.1) is 15.3 Å². The summed E-state index contributed by atoms with van der Waals surface area (Å²) in [6.07, 6.45) is 0. The van der Waals surface area contributed by atoms with Gasteiger partial charge in [0.05, 0.1) is 22.7 Å². The highest BCUT2D eigenvalue weighted by atomic mass is 32.2. The molecule has 18 heteroatoms. The average Bonchev–Trinajstić information content (AvgIpc) is 3.01. The van der Waals surface area contributed by atoms with Crippen molar-refractivity contribution in [2.24, 2.45) is 20.5 Å². The molecule has 0 amide bonds. The fraction of sp³-hybridized carbons (Fsp3) is 0.0323. The molecular formula is C31H23N5O10S3. The zero-order valence-electron chi connectivity index (χ0n) is 24.9. The number of aryl methyl sites for hydroxylation is 1. The Kier molecular flexibility index (Phi) is 8.18. The van der Waals surface area contributed by atoms with Crippen LogP contribution in [0.25, 0.3) is 32.3 Å². The van der Waals surface area contributed by atoms with Crippen LogP contribution in [0.3, 0.4) is 0 Å². The third-order valence-corrected chi connectivity index (χ3v) is 10.3. The number of nitrogen functional groups attached to an aromatic ring is 1. The Bertz CT molecular complexity index is 2790. The summed E-state index contributed by atoms with van der Waals surface area (Å²) in [5, 5.41) is 28.9. The number of nitrogens with zero attached hydrogens (tertiary/aromatic N) is 4. The molecule has 6 aromatic carbocycles. The summed E-state index contributed by atoms with van der Waals surface area (Å²) >= 11 is 0. The van der Waals surface area contributed by atoms with Crippen LogP contribution in [0, 0.1) is 6.92 Å². The minimum atomic E-state index is -5.14. The summed E-state index contributed by atoms with van der Waals surface area (Å²) in [5.74, 6) is -0.858. The van der Waals surface area contributed by atoms with E-state index in [1.165, 1.54) is 36.4 Å². The predicted octanol–water partition coefficient (Wildman–Crippen LogP) is 7.31. The summed E-state index contributed by atoms with van der Waals surface area (Å²) in [7, 11) is -14.6. The quantitative estimate of drug-likeness (QED) is 0.0620. The summed E-state index contributed by atoms with van der Waals surface area (Å²) in [5.41, 5.74) is 6.34. The molecule has 0 aliphatic heterocycles. The molecule has 0 aliphatic carbocycles. The van der Waals surface area contributed by atoms with Crippen LogP contribution < -0.4 is 5.73 Å². The highest BCUT2D eigenvalue weighted by Gasteiger charge is 2.27. The zero-order chi connectivity index (χ0) is 35.5. The van der Waals surface area contributed by atoms with Crippen LogP contribution in [0.15, 0.2) is 120 Å². The van der Waals surface area contributed by atoms with Crippen molar-refractivity contribution in [2.75, 3.05) is 5.73 Å². The fourth-order valence-corrected chi connectivity index (χ4v) is 7.52. The number of benzene rings is 6. The van der Waals surface area contributed by atoms with Gasteiger partial charge in [0, 0.05) is 26.9 Å². The molecule has 0 saturated heterocycles. The fourth-order valence-electron chi connectivity index (χ4n) is 5.34. The van der Waals surface area contributed by atoms with Gasteiger partial charge in [-0.25, -0.2) is 0 Å². The standard InChI is InChI=1S/C31H23N5O10S3/c1-16-5-7-20-22(13-16)26(12-11-25(20)34-33-18-6-8-19-17(14-18)3-2-4-27(19)47(38,39)40)35-36-29-28(48(41,42)43)15-23-21(30(29)37)9-10-24(32)31(23)49(44,45)46/h2-15,37H,32H2,1H3,(H,38,39,40)(H,41,42,43)(H,44,45,46). The molecule has 0 aromatic heterocycles. The smallest absolute Gasteiger partial charge is 0.297 e. The zero-order valence-corrected chi connectivity index (χ0v) is 27.4. The monoisotopic (exact) mass is 721 g/mol. The van der Waals surface area contributed by atoms with Crippen LogP contribution in [0.5, 0.6) is 5.75 Å². The second kappa shape index (κ2) is 11.9. The highest BCUT2D eigenvalue weighted by Crippen LogP contribution is 2.45. The molecule has 0 radical (unpaired) electrons. The Labute approximate surface area is 278 Å². The highest BCUT2D eigenvalue weighted by molar-refractivity contribution is 7.86. The molecule has 0 aliphatic rings. The van der Waals surface area contributed by atoms with Crippen LogP contribution >= 0.6 is 0 Å². The van der Waals surface area contributed by atoms with Gasteiger partial charge < -0.3 is 10.8 Å². The number of rotatable bonds is 7. The Morgan fingerprint density at radius 3 is 1.88 bits per heavy atom. The second-order valence-corrected chi connectivity index (χ2v) is 14.9. The lowest BCUT2D eigenvalue weighted by atomic mass is 10.0. The predicted molar refractivity (Wildman–Crippen MR) is 180 cm³/mol. The lowest BCUT2D eigenvalue weighted by Gasteiger charge is -2.12. The van der Waals surface area contributed by atoms with Gasteiger partial charge in [-0.3, -0.25) is 13.7 Å². The molecule has 6 rings (SSSR count). The Hall–Kier alpha value is -5.37. The maximum atomic E-state index is 12.4. The Morgan fingerprint density at radius 2 is 1.20 bits per heavy atom. The number of fused-ring (bicyclic) bond motifs is 3. The number of nitrogens with two attached hydrogens (primary N) is 1. The largest absolute Gasteiger partial charge is 0.505 e. The van der Waals surface area contributed by atoms with Gasteiger partial charge in [-0.05, 0) is 66.9 Å². The topological polar surface area (TPSA) is 259 Å². The maximum Gasteiger partial charge on any atom is 0.297 e. The molecule has 0 heterocycles. The Balaban J connectivity index is 1.45. The molecule has 0 fully saturated rings. The van der Waals surface area contributed by atoms with Gasteiger partial charge in [-0.2, -0.15) is 30.4 Å². The molecule has 0 atom stereocenters. The molecule has 0 spiro atoms. The second-order valence-electron chi connectivity index (χ2n) is 10.8. The number of hydrogen-bond acceptors (Lipinski definition) is 12. The van der Waals surface area contributed by atoms with Crippen molar-refractivity contribution in [3.63, 3.8) is 0 Å². The molecular weight excluding hydrogens is 699 g/mol. The number of phenolic OH excluding ortho intramolecular Hbond substituents is 1. The van der Waals surface area contributed by atoms with E-state index in [9.17, 15) is 44.0 Å². The molecule has 0 saturated carbocycles. The molecule has 0 unspecified atom stereocenters. The van der Waals surface area contributed by atoms with Gasteiger partial charge in [0.15, 0.2) is 5.75 Å². The van der Waals surface area contributed by atoms with Crippen molar-refractivity contribution in [3.05, 3.63) is 90.5 Å². The van der Waals surface area contributed by atoms with E-state index in [-0.39, 0.29) is 16.0 Å². The van der Waals surface area contributed by atoms with Gasteiger partial charge in [0.1, 0.15) is 20.4 Å². The number of aromatic hydroxyl groups is 1. The summed E-state index contributed by atoms with van der Waals surface area (Å²) in [6.45, 7) is 1.81. The van der Waals surface area contributed by atoms with Gasteiger partial charge in [0.25, 0.3) is 30.4 Å². The van der Waals surface area contributed by atoms with Crippen molar-refractivity contribution < 1.29 is 44.0 Å². The van der Waals surface area contributed by atoms with Crippen molar-refractivity contribution >= 4 is 91.1 Å². The third kappa shape index (κ3) is 6.43. The number of phenols is 1. The lowest BCUT2D eigenvalue weighted by molar-refractivity contribution is 0.471. The van der Waals surface area contributed by atoms with Crippen LogP contribution in [-0.4, -0.2) is 44.0 Å². The summed E-state index contributed by atoms with van der Waals surface area (Å²) < 4.78 is 102. The minimum Gasteiger partial charge on any atom is -0.505 e. The first kappa shape index (κ1) is 33.5. The first-order chi connectivity index (χ1) is 22.9. The van der Waals surface area contributed by atoms with Crippen LogP contribution in [0.2, 0.25) is 0 Å². The minimum absolute atomic E-state index is 0.192. The number of anilines is 1. The summed E-state index contributed by atoms with van der Waals surface area (Å²) in [6, 6.07) is 20.4. The molecule has 6 aromatic rings. The first-order valence-corrected chi connectivity index (χ1v) is 18.2. The van der Waals surface area contributed by atoms with Crippen LogP contribution in [-0.2, 0) is 30.4 Å². The Morgan fingerprint density at radius 1 is 0.571 bits per heavy atom. The van der Waals surface area contributed by atoms with Crippen LogP contribution in [0.4, 0.5) is 28.4 Å². The van der Waals surface area contributed by atoms with E-state index in [1.54, 1.807) is 36.4 Å². The average molecular weight is 722 g/mol. The van der Waals surface area contributed by atoms with Crippen molar-refractivity contribution in [1.82, 2.24) is 0 Å². The normalized spacial score (nSPS) is 13.0. The van der Waals surface area contributed by atoms with E-state index in [1.807, 2.05) is 6.92 Å². The van der Waals surface area contributed by atoms with E-state index < -0.39 is 62.7 Å². The van der Waals surface area contributed by atoms with Crippen molar-refractivity contribution in [1.29, 1.82) is 0 Å². The van der Waals surface area contributed by atoms with Crippen molar-refractivity contribution in [2.45, 2.75) is 21.6 Å². The van der Waals surface area contributed by atoms with E-state index in [0.29, 0.717) is 39.0 Å². The van der Waals surface area contributed by atoms with E-state index in [4.69, 9.17) is 5.73 Å². The number of azo groups is 2. The van der Waals surface area contributed by atoms with Gasteiger partial charge in [0.2, 0.25) is 0 Å². The molecule has 250 valence electrons. The molecule has 6 N–H and O–H groups in total. The van der Waals surface area contributed by atoms with Gasteiger partial charge in [-0.1, -0.05) is 35.9 Å². The molecule has 15 nitrogen and oxygen atoms in total. The van der Waals surface area contributed by atoms with Gasteiger partial charge >= 0.3 is 0 Å². The molecule has 0 bridgehead atoms.